The van der Waals surface area contributed by atoms with E-state index in [-0.39, 0.29) is 15.6 Å². The van der Waals surface area contributed by atoms with Gasteiger partial charge in [0.2, 0.25) is 10.0 Å². The van der Waals surface area contributed by atoms with Gasteiger partial charge in [0.1, 0.15) is 10.6 Å². The third-order valence-electron chi connectivity index (χ3n) is 3.60. The van der Waals surface area contributed by atoms with E-state index in [0.717, 1.165) is 4.31 Å². The molecule has 2 aromatic rings. The molecule has 2 rings (SSSR count). The molecule has 1 amide bonds. The summed E-state index contributed by atoms with van der Waals surface area (Å²) in [6.07, 6.45) is -0.872. The Morgan fingerprint density at radius 1 is 1.26 bits per heavy atom. The molecule has 9 heteroatoms. The van der Waals surface area contributed by atoms with Gasteiger partial charge in [-0.05, 0) is 43.3 Å². The van der Waals surface area contributed by atoms with E-state index in [1.807, 2.05) is 6.07 Å². The first-order valence-electron chi connectivity index (χ1n) is 7.85. The first-order chi connectivity index (χ1) is 12.6. The van der Waals surface area contributed by atoms with Crippen LogP contribution >= 0.6 is 11.6 Å². The van der Waals surface area contributed by atoms with Crippen LogP contribution in [0.2, 0.25) is 5.02 Å². The Kier molecular flexibility index (Phi) is 6.44. The van der Waals surface area contributed by atoms with Crippen LogP contribution in [-0.4, -0.2) is 38.8 Å². The summed E-state index contributed by atoms with van der Waals surface area (Å²) in [5.74, 6) is -0.100. The lowest BCUT2D eigenvalue weighted by molar-refractivity contribution is -0.122. The molecule has 0 aromatic heterocycles. The fourth-order valence-electron chi connectivity index (χ4n) is 2.12. The van der Waals surface area contributed by atoms with E-state index in [4.69, 9.17) is 21.6 Å². The van der Waals surface area contributed by atoms with Crippen LogP contribution in [0.3, 0.4) is 0 Å². The van der Waals surface area contributed by atoms with Crippen molar-refractivity contribution in [2.24, 2.45) is 0 Å². The van der Waals surface area contributed by atoms with E-state index in [0.29, 0.717) is 11.3 Å². The Morgan fingerprint density at radius 3 is 2.59 bits per heavy atom. The van der Waals surface area contributed by atoms with Crippen molar-refractivity contribution in [1.29, 1.82) is 5.26 Å². The maximum atomic E-state index is 12.4. The Bertz CT molecular complexity index is 1000. The number of benzene rings is 2. The van der Waals surface area contributed by atoms with Gasteiger partial charge in [0.05, 0.1) is 16.7 Å². The molecule has 0 saturated carbocycles. The van der Waals surface area contributed by atoms with Crippen molar-refractivity contribution in [3.8, 4) is 11.8 Å². The van der Waals surface area contributed by atoms with E-state index >= 15 is 0 Å². The summed E-state index contributed by atoms with van der Waals surface area (Å²) in [6, 6.07) is 12.6. The van der Waals surface area contributed by atoms with Gasteiger partial charge in [0.15, 0.2) is 6.10 Å². The van der Waals surface area contributed by atoms with Crippen molar-refractivity contribution in [3.05, 3.63) is 53.1 Å². The number of rotatable bonds is 6. The number of carbonyl (C=O) groups excluding carboxylic acids is 1. The van der Waals surface area contributed by atoms with Crippen molar-refractivity contribution in [2.75, 3.05) is 19.4 Å². The van der Waals surface area contributed by atoms with Gasteiger partial charge in [-0.15, -0.1) is 0 Å². The molecule has 0 aliphatic rings. The Labute approximate surface area is 163 Å². The number of halogens is 1. The van der Waals surface area contributed by atoms with Gasteiger partial charge in [0, 0.05) is 19.8 Å². The molecular formula is C18H18ClN3O4S. The predicted octanol–water partition coefficient (Wildman–Crippen LogP) is 2.87. The maximum Gasteiger partial charge on any atom is 0.265 e. The molecule has 1 atom stereocenters. The largest absolute Gasteiger partial charge is 0.481 e. The van der Waals surface area contributed by atoms with E-state index < -0.39 is 22.0 Å². The number of nitriles is 1. The fraction of sp³-hybridized carbons (Fsp3) is 0.222. The highest BCUT2D eigenvalue weighted by Crippen LogP contribution is 2.27. The molecule has 2 aromatic carbocycles. The molecular weight excluding hydrogens is 390 g/mol. The van der Waals surface area contributed by atoms with Crippen molar-refractivity contribution in [1.82, 2.24) is 4.31 Å². The number of ether oxygens (including phenoxy) is 1. The molecule has 0 unspecified atom stereocenters. The SMILES string of the molecule is C[C@@H](Oc1cccc(C#N)c1)C(=O)Nc1ccc(Cl)c(S(=O)(=O)N(C)C)c1. The summed E-state index contributed by atoms with van der Waals surface area (Å²) < 4.78 is 31.2. The van der Waals surface area contributed by atoms with Gasteiger partial charge in [-0.1, -0.05) is 17.7 Å². The summed E-state index contributed by atoms with van der Waals surface area (Å²) in [5, 5.41) is 11.6. The number of nitrogens with one attached hydrogen (secondary N) is 1. The summed E-state index contributed by atoms with van der Waals surface area (Å²) in [7, 11) is -0.972. The topological polar surface area (TPSA) is 99.5 Å². The molecule has 0 fully saturated rings. The quantitative estimate of drug-likeness (QED) is 0.793. The van der Waals surface area contributed by atoms with Crippen LogP contribution in [0.5, 0.6) is 5.75 Å². The maximum absolute atomic E-state index is 12.4. The second-order valence-corrected chi connectivity index (χ2v) is 8.35. The van der Waals surface area contributed by atoms with E-state index in [2.05, 4.69) is 5.32 Å². The highest BCUT2D eigenvalue weighted by atomic mass is 35.5. The van der Waals surface area contributed by atoms with Crippen LogP contribution in [0.25, 0.3) is 0 Å². The molecule has 0 aliphatic heterocycles. The number of amides is 1. The third kappa shape index (κ3) is 4.98. The minimum absolute atomic E-state index is 0.0549. The zero-order chi connectivity index (χ0) is 20.2. The van der Waals surface area contributed by atoms with Gasteiger partial charge < -0.3 is 10.1 Å². The Morgan fingerprint density at radius 2 is 1.96 bits per heavy atom. The van der Waals surface area contributed by atoms with Crippen molar-refractivity contribution >= 4 is 33.2 Å². The van der Waals surface area contributed by atoms with Crippen LogP contribution < -0.4 is 10.1 Å². The summed E-state index contributed by atoms with van der Waals surface area (Å²) >= 11 is 5.99. The van der Waals surface area contributed by atoms with Crippen molar-refractivity contribution in [3.63, 3.8) is 0 Å². The van der Waals surface area contributed by atoms with Gasteiger partial charge in [-0.25, -0.2) is 12.7 Å². The molecule has 142 valence electrons. The van der Waals surface area contributed by atoms with Crippen LogP contribution in [-0.2, 0) is 14.8 Å². The molecule has 0 radical (unpaired) electrons. The van der Waals surface area contributed by atoms with Crippen LogP contribution in [0.1, 0.15) is 12.5 Å². The first-order valence-corrected chi connectivity index (χ1v) is 9.66. The van der Waals surface area contributed by atoms with E-state index in [1.165, 1.54) is 38.4 Å². The van der Waals surface area contributed by atoms with Crippen molar-refractivity contribution in [2.45, 2.75) is 17.9 Å². The minimum atomic E-state index is -3.75. The second kappa shape index (κ2) is 8.39. The van der Waals surface area contributed by atoms with Crippen LogP contribution in [0.15, 0.2) is 47.4 Å². The molecule has 0 saturated heterocycles. The average molecular weight is 408 g/mol. The standard InChI is InChI=1S/C18H18ClN3O4S/c1-12(26-15-6-4-5-13(9-15)11-20)18(23)21-14-7-8-16(19)17(10-14)27(24,25)22(2)3/h4-10,12H,1-3H3,(H,21,23)/t12-/m1/s1. The highest BCUT2D eigenvalue weighted by Gasteiger charge is 2.22. The van der Waals surface area contributed by atoms with Gasteiger partial charge in [0.25, 0.3) is 5.91 Å². The number of hydrogen-bond donors (Lipinski definition) is 1. The number of nitrogens with zero attached hydrogens (tertiary/aromatic N) is 2. The van der Waals surface area contributed by atoms with Gasteiger partial charge >= 0.3 is 0 Å². The minimum Gasteiger partial charge on any atom is -0.481 e. The normalized spacial score (nSPS) is 12.3. The summed E-state index contributed by atoms with van der Waals surface area (Å²) in [5.41, 5.74) is 0.683. The predicted molar refractivity (Wildman–Crippen MR) is 102 cm³/mol. The monoisotopic (exact) mass is 407 g/mol. The van der Waals surface area contributed by atoms with E-state index in [9.17, 15) is 13.2 Å². The highest BCUT2D eigenvalue weighted by molar-refractivity contribution is 7.89. The Balaban J connectivity index is 2.17. The summed E-state index contributed by atoms with van der Waals surface area (Å²) in [4.78, 5) is 12.2. The van der Waals surface area contributed by atoms with Crippen LogP contribution in [0.4, 0.5) is 5.69 Å². The number of anilines is 1. The van der Waals surface area contributed by atoms with Crippen molar-refractivity contribution < 1.29 is 17.9 Å². The van der Waals surface area contributed by atoms with Crippen LogP contribution in [0, 0.1) is 11.3 Å². The number of sulfonamides is 1. The molecule has 0 heterocycles. The second-order valence-electron chi connectivity index (χ2n) is 5.82. The van der Waals surface area contributed by atoms with E-state index in [1.54, 1.807) is 25.1 Å². The lowest BCUT2D eigenvalue weighted by Gasteiger charge is -2.17. The first kappa shape index (κ1) is 20.7. The molecule has 0 spiro atoms. The lowest BCUT2D eigenvalue weighted by Crippen LogP contribution is -2.30. The molecule has 0 bridgehead atoms. The molecule has 7 nitrogen and oxygen atoms in total. The zero-order valence-electron chi connectivity index (χ0n) is 14.9. The third-order valence-corrected chi connectivity index (χ3v) is 5.90. The van der Waals surface area contributed by atoms with Gasteiger partial charge in [-0.3, -0.25) is 4.79 Å². The smallest absolute Gasteiger partial charge is 0.265 e. The molecule has 1 N–H and O–H groups in total. The lowest BCUT2D eigenvalue weighted by atomic mass is 10.2. The number of carbonyl (C=O) groups is 1. The fourth-order valence-corrected chi connectivity index (χ4v) is 3.51. The van der Waals surface area contributed by atoms with Gasteiger partial charge in [-0.2, -0.15) is 5.26 Å². The molecule has 0 aliphatic carbocycles. The number of hydrogen-bond acceptors (Lipinski definition) is 5. The molecule has 27 heavy (non-hydrogen) atoms. The average Bonchev–Trinajstić information content (AvgIpc) is 2.63. The zero-order valence-corrected chi connectivity index (χ0v) is 16.5. The summed E-state index contributed by atoms with van der Waals surface area (Å²) in [6.45, 7) is 1.54. The Hall–Kier alpha value is -2.60.